The maximum absolute atomic E-state index is 4.12. The Morgan fingerprint density at radius 2 is 1.83 bits per heavy atom. The highest BCUT2D eigenvalue weighted by Gasteiger charge is 2.24. The number of benzene rings is 1. The number of aryl methyl sites for hydroxylation is 1. The van der Waals surface area contributed by atoms with Gasteiger partial charge in [0.2, 0.25) is 0 Å². The fraction of sp³-hybridized carbons (Fsp3) is 0.333. The van der Waals surface area contributed by atoms with E-state index in [1.165, 1.54) is 29.5 Å². The maximum Gasteiger partial charge on any atom is -0.0161 e. The van der Waals surface area contributed by atoms with E-state index < -0.39 is 0 Å². The molecule has 2 rings (SSSR count). The number of hydrogen-bond acceptors (Lipinski definition) is 0. The standard InChI is InChI=1S/C12H14/c1-9-3-5-11(6-4-9)10(2)12-7-8-12/h3-6,12H,2,7-8H2,1H3. The van der Waals surface area contributed by atoms with Gasteiger partial charge in [-0.1, -0.05) is 36.4 Å². The van der Waals surface area contributed by atoms with Gasteiger partial charge in [-0.15, -0.1) is 0 Å². The number of hydrogen-bond donors (Lipinski definition) is 0. The van der Waals surface area contributed by atoms with E-state index in [0.717, 1.165) is 5.92 Å². The van der Waals surface area contributed by atoms with Crippen molar-refractivity contribution in [1.82, 2.24) is 0 Å². The van der Waals surface area contributed by atoms with Crippen molar-refractivity contribution < 1.29 is 0 Å². The van der Waals surface area contributed by atoms with E-state index in [2.05, 4.69) is 37.8 Å². The van der Waals surface area contributed by atoms with Gasteiger partial charge in [0.15, 0.2) is 0 Å². The largest absolute Gasteiger partial charge is 0.0950 e. The molecule has 0 nitrogen and oxygen atoms in total. The molecular formula is C12H14. The van der Waals surface area contributed by atoms with E-state index in [1.54, 1.807) is 0 Å². The fourth-order valence-corrected chi connectivity index (χ4v) is 1.44. The Morgan fingerprint density at radius 1 is 1.25 bits per heavy atom. The van der Waals surface area contributed by atoms with Gasteiger partial charge < -0.3 is 0 Å². The maximum atomic E-state index is 4.12. The smallest absolute Gasteiger partial charge is 0.0161 e. The minimum atomic E-state index is 0.785. The van der Waals surface area contributed by atoms with Gasteiger partial charge in [0.1, 0.15) is 0 Å². The van der Waals surface area contributed by atoms with Crippen LogP contribution in [0.5, 0.6) is 0 Å². The molecule has 0 spiro atoms. The Kier molecular flexibility index (Phi) is 1.76. The molecule has 0 heteroatoms. The monoisotopic (exact) mass is 158 g/mol. The Hall–Kier alpha value is -1.04. The van der Waals surface area contributed by atoms with Crippen LogP contribution in [0, 0.1) is 12.8 Å². The number of rotatable bonds is 2. The van der Waals surface area contributed by atoms with Gasteiger partial charge in [-0.05, 0) is 36.8 Å². The van der Waals surface area contributed by atoms with E-state index in [1.807, 2.05) is 0 Å². The van der Waals surface area contributed by atoms with Crippen molar-refractivity contribution in [3.05, 3.63) is 42.0 Å². The molecule has 1 aliphatic carbocycles. The zero-order chi connectivity index (χ0) is 8.55. The van der Waals surface area contributed by atoms with E-state index in [9.17, 15) is 0 Å². The highest BCUT2D eigenvalue weighted by Crippen LogP contribution is 2.40. The summed E-state index contributed by atoms with van der Waals surface area (Å²) in [5, 5.41) is 0. The first-order valence-corrected chi connectivity index (χ1v) is 4.53. The molecule has 0 saturated heterocycles. The van der Waals surface area contributed by atoms with Crippen molar-refractivity contribution in [2.45, 2.75) is 19.8 Å². The third-order valence-electron chi connectivity index (χ3n) is 2.49. The van der Waals surface area contributed by atoms with Crippen molar-refractivity contribution in [1.29, 1.82) is 0 Å². The lowest BCUT2D eigenvalue weighted by Gasteiger charge is -2.03. The third kappa shape index (κ3) is 1.42. The summed E-state index contributed by atoms with van der Waals surface area (Å²) in [6.07, 6.45) is 2.68. The molecule has 1 aromatic rings. The molecule has 0 aromatic heterocycles. The lowest BCUT2D eigenvalue weighted by molar-refractivity contribution is 1.15. The van der Waals surface area contributed by atoms with E-state index in [-0.39, 0.29) is 0 Å². The summed E-state index contributed by atoms with van der Waals surface area (Å²) in [6.45, 7) is 6.23. The molecule has 0 aliphatic heterocycles. The van der Waals surface area contributed by atoms with Crippen molar-refractivity contribution >= 4 is 5.57 Å². The van der Waals surface area contributed by atoms with E-state index in [4.69, 9.17) is 0 Å². The average molecular weight is 158 g/mol. The van der Waals surface area contributed by atoms with Crippen molar-refractivity contribution in [2.75, 3.05) is 0 Å². The summed E-state index contributed by atoms with van der Waals surface area (Å²) in [5.41, 5.74) is 3.97. The molecule has 62 valence electrons. The van der Waals surface area contributed by atoms with Crippen LogP contribution in [0.3, 0.4) is 0 Å². The molecule has 1 aromatic carbocycles. The van der Waals surface area contributed by atoms with Gasteiger partial charge in [-0.25, -0.2) is 0 Å². The van der Waals surface area contributed by atoms with Crippen LogP contribution in [-0.2, 0) is 0 Å². The molecule has 1 aliphatic rings. The van der Waals surface area contributed by atoms with Crippen LogP contribution in [0.4, 0.5) is 0 Å². The Bertz CT molecular complexity index is 288. The van der Waals surface area contributed by atoms with Gasteiger partial charge in [0.05, 0.1) is 0 Å². The van der Waals surface area contributed by atoms with Gasteiger partial charge >= 0.3 is 0 Å². The summed E-state index contributed by atoms with van der Waals surface area (Å²) in [6, 6.07) is 8.66. The molecule has 0 bridgehead atoms. The Labute approximate surface area is 73.9 Å². The van der Waals surface area contributed by atoms with Crippen LogP contribution in [0.2, 0.25) is 0 Å². The van der Waals surface area contributed by atoms with Gasteiger partial charge in [-0.3, -0.25) is 0 Å². The molecule has 0 unspecified atom stereocenters. The first-order valence-electron chi connectivity index (χ1n) is 4.53. The van der Waals surface area contributed by atoms with Crippen LogP contribution in [0.15, 0.2) is 30.8 Å². The summed E-state index contributed by atoms with van der Waals surface area (Å²) in [5.74, 6) is 0.785. The molecule has 0 radical (unpaired) electrons. The Balaban J connectivity index is 2.22. The van der Waals surface area contributed by atoms with E-state index in [0.29, 0.717) is 0 Å². The first kappa shape index (κ1) is 7.60. The lowest BCUT2D eigenvalue weighted by Crippen LogP contribution is -1.84. The van der Waals surface area contributed by atoms with Crippen LogP contribution < -0.4 is 0 Å². The summed E-state index contributed by atoms with van der Waals surface area (Å²) >= 11 is 0. The predicted molar refractivity (Wildman–Crippen MR) is 52.9 cm³/mol. The van der Waals surface area contributed by atoms with Crippen molar-refractivity contribution in [2.24, 2.45) is 5.92 Å². The second-order valence-corrected chi connectivity index (χ2v) is 3.67. The molecule has 1 saturated carbocycles. The van der Waals surface area contributed by atoms with Gasteiger partial charge in [0.25, 0.3) is 0 Å². The summed E-state index contributed by atoms with van der Waals surface area (Å²) in [7, 11) is 0. The summed E-state index contributed by atoms with van der Waals surface area (Å²) in [4.78, 5) is 0. The SMILES string of the molecule is C=C(c1ccc(C)cc1)C1CC1. The fourth-order valence-electron chi connectivity index (χ4n) is 1.44. The van der Waals surface area contributed by atoms with Gasteiger partial charge in [0, 0.05) is 0 Å². The number of allylic oxidation sites excluding steroid dienone is 1. The average Bonchev–Trinajstić information content (AvgIpc) is 2.87. The molecular weight excluding hydrogens is 144 g/mol. The molecule has 0 atom stereocenters. The van der Waals surface area contributed by atoms with Gasteiger partial charge in [-0.2, -0.15) is 0 Å². The highest BCUT2D eigenvalue weighted by atomic mass is 14.3. The normalized spacial score (nSPS) is 16.1. The van der Waals surface area contributed by atoms with Crippen LogP contribution in [0.25, 0.3) is 5.57 Å². The van der Waals surface area contributed by atoms with Crippen molar-refractivity contribution in [3.8, 4) is 0 Å². The minimum Gasteiger partial charge on any atom is -0.0950 e. The quantitative estimate of drug-likeness (QED) is 0.618. The molecule has 0 N–H and O–H groups in total. The molecule has 0 amide bonds. The lowest BCUT2D eigenvalue weighted by atomic mass is 10.0. The summed E-state index contributed by atoms with van der Waals surface area (Å²) < 4.78 is 0. The topological polar surface area (TPSA) is 0 Å². The Morgan fingerprint density at radius 3 is 2.33 bits per heavy atom. The predicted octanol–water partition coefficient (Wildman–Crippen LogP) is 3.42. The second kappa shape index (κ2) is 2.78. The minimum absolute atomic E-state index is 0.785. The third-order valence-corrected chi connectivity index (χ3v) is 2.49. The van der Waals surface area contributed by atoms with Crippen LogP contribution >= 0.6 is 0 Å². The second-order valence-electron chi connectivity index (χ2n) is 3.67. The van der Waals surface area contributed by atoms with Crippen LogP contribution in [-0.4, -0.2) is 0 Å². The molecule has 1 fully saturated rings. The zero-order valence-corrected chi connectivity index (χ0v) is 7.51. The molecule has 0 heterocycles. The molecule has 12 heavy (non-hydrogen) atoms. The van der Waals surface area contributed by atoms with Crippen molar-refractivity contribution in [3.63, 3.8) is 0 Å². The van der Waals surface area contributed by atoms with Crippen LogP contribution in [0.1, 0.15) is 24.0 Å². The van der Waals surface area contributed by atoms with E-state index >= 15 is 0 Å². The first-order chi connectivity index (χ1) is 5.77. The highest BCUT2D eigenvalue weighted by molar-refractivity contribution is 5.67. The zero-order valence-electron chi connectivity index (χ0n) is 7.51.